The molecule has 0 bridgehead atoms. The second-order valence-corrected chi connectivity index (χ2v) is 5.13. The second kappa shape index (κ2) is 4.19. The third-order valence-electron chi connectivity index (χ3n) is 3.98. The van der Waals surface area contributed by atoms with Crippen molar-refractivity contribution in [3.05, 3.63) is 0 Å². The maximum absolute atomic E-state index is 5.26. The van der Waals surface area contributed by atoms with Gasteiger partial charge in [-0.15, -0.1) is 0 Å². The van der Waals surface area contributed by atoms with Gasteiger partial charge in [0.25, 0.3) is 0 Å². The van der Waals surface area contributed by atoms with E-state index in [9.17, 15) is 0 Å². The Labute approximate surface area is 87.4 Å². The molecule has 0 amide bonds. The van der Waals surface area contributed by atoms with Crippen LogP contribution in [-0.4, -0.2) is 26.3 Å². The van der Waals surface area contributed by atoms with Gasteiger partial charge in [-0.1, -0.05) is 6.92 Å². The first kappa shape index (κ1) is 10.4. The summed E-state index contributed by atoms with van der Waals surface area (Å²) >= 11 is 0. The van der Waals surface area contributed by atoms with Crippen molar-refractivity contribution >= 4 is 0 Å². The fraction of sp³-hybridized carbons (Fsp3) is 1.00. The molecule has 2 saturated carbocycles. The van der Waals surface area contributed by atoms with Crippen molar-refractivity contribution in [2.24, 2.45) is 11.3 Å². The van der Waals surface area contributed by atoms with Crippen LogP contribution in [0.2, 0.25) is 0 Å². The summed E-state index contributed by atoms with van der Waals surface area (Å²) < 4.78 is 5.26. The fourth-order valence-corrected chi connectivity index (χ4v) is 2.22. The van der Waals surface area contributed by atoms with Crippen molar-refractivity contribution in [1.29, 1.82) is 0 Å². The monoisotopic (exact) mass is 197 g/mol. The van der Waals surface area contributed by atoms with E-state index in [1.54, 1.807) is 0 Å². The highest BCUT2D eigenvalue weighted by Crippen LogP contribution is 2.48. The predicted octanol–water partition coefficient (Wildman–Crippen LogP) is 2.19. The molecule has 2 nitrogen and oxygen atoms in total. The van der Waals surface area contributed by atoms with Crippen molar-refractivity contribution in [2.45, 2.75) is 45.1 Å². The highest BCUT2D eigenvalue weighted by Gasteiger charge is 2.41. The highest BCUT2D eigenvalue weighted by atomic mass is 16.5. The SMILES string of the molecule is CCC1(CNC(COC)C2CC2)CC1. The molecule has 14 heavy (non-hydrogen) atoms. The van der Waals surface area contributed by atoms with Gasteiger partial charge in [-0.2, -0.15) is 0 Å². The molecule has 0 aromatic rings. The Morgan fingerprint density at radius 3 is 2.57 bits per heavy atom. The van der Waals surface area contributed by atoms with Crippen LogP contribution in [0.15, 0.2) is 0 Å². The summed E-state index contributed by atoms with van der Waals surface area (Å²) in [6.45, 7) is 4.43. The average Bonchev–Trinajstić information content (AvgIpc) is 3.05. The molecular weight excluding hydrogens is 174 g/mol. The number of nitrogens with one attached hydrogen (secondary N) is 1. The van der Waals surface area contributed by atoms with Crippen LogP contribution in [0.1, 0.15) is 39.0 Å². The number of ether oxygens (including phenoxy) is 1. The molecule has 2 heteroatoms. The molecule has 0 saturated heterocycles. The smallest absolute Gasteiger partial charge is 0.0618 e. The molecule has 2 aliphatic carbocycles. The van der Waals surface area contributed by atoms with Crippen LogP contribution in [0.4, 0.5) is 0 Å². The first-order valence-electron chi connectivity index (χ1n) is 6.02. The molecule has 1 unspecified atom stereocenters. The number of hydrogen-bond acceptors (Lipinski definition) is 2. The van der Waals surface area contributed by atoms with Crippen LogP contribution in [-0.2, 0) is 4.74 Å². The van der Waals surface area contributed by atoms with Gasteiger partial charge in [0, 0.05) is 19.7 Å². The van der Waals surface area contributed by atoms with Gasteiger partial charge >= 0.3 is 0 Å². The molecule has 0 spiro atoms. The Hall–Kier alpha value is -0.0800. The van der Waals surface area contributed by atoms with E-state index >= 15 is 0 Å². The average molecular weight is 197 g/mol. The van der Waals surface area contributed by atoms with E-state index < -0.39 is 0 Å². The van der Waals surface area contributed by atoms with Crippen LogP contribution >= 0.6 is 0 Å². The van der Waals surface area contributed by atoms with Gasteiger partial charge in [0.2, 0.25) is 0 Å². The molecule has 2 rings (SSSR count). The van der Waals surface area contributed by atoms with E-state index in [1.165, 1.54) is 38.6 Å². The Kier molecular flexibility index (Phi) is 3.13. The van der Waals surface area contributed by atoms with Gasteiger partial charge in [-0.05, 0) is 43.4 Å². The number of rotatable bonds is 7. The van der Waals surface area contributed by atoms with E-state index in [4.69, 9.17) is 4.74 Å². The Morgan fingerprint density at radius 1 is 1.43 bits per heavy atom. The maximum atomic E-state index is 5.26. The lowest BCUT2D eigenvalue weighted by molar-refractivity contribution is 0.154. The Morgan fingerprint density at radius 2 is 2.14 bits per heavy atom. The first-order valence-corrected chi connectivity index (χ1v) is 6.02. The number of methoxy groups -OCH3 is 1. The lowest BCUT2D eigenvalue weighted by atomic mass is 10.0. The predicted molar refractivity (Wildman–Crippen MR) is 58.3 cm³/mol. The van der Waals surface area contributed by atoms with Crippen LogP contribution in [0.5, 0.6) is 0 Å². The Bertz CT molecular complexity index is 185. The molecule has 0 aromatic carbocycles. The zero-order valence-corrected chi connectivity index (χ0v) is 9.51. The molecule has 2 aliphatic rings. The molecule has 2 fully saturated rings. The quantitative estimate of drug-likeness (QED) is 0.675. The van der Waals surface area contributed by atoms with Crippen molar-refractivity contribution in [3.63, 3.8) is 0 Å². The minimum atomic E-state index is 0.629. The van der Waals surface area contributed by atoms with E-state index in [0.717, 1.165) is 12.5 Å². The highest BCUT2D eigenvalue weighted by molar-refractivity contribution is 4.96. The molecule has 1 N–H and O–H groups in total. The third kappa shape index (κ3) is 2.48. The molecule has 0 aliphatic heterocycles. The van der Waals surface area contributed by atoms with Gasteiger partial charge < -0.3 is 10.1 Å². The summed E-state index contributed by atoms with van der Waals surface area (Å²) in [7, 11) is 1.81. The van der Waals surface area contributed by atoms with E-state index in [0.29, 0.717) is 11.5 Å². The minimum Gasteiger partial charge on any atom is -0.383 e. The van der Waals surface area contributed by atoms with E-state index in [-0.39, 0.29) is 0 Å². The van der Waals surface area contributed by atoms with Crippen molar-refractivity contribution in [1.82, 2.24) is 5.32 Å². The minimum absolute atomic E-state index is 0.629. The van der Waals surface area contributed by atoms with Crippen LogP contribution < -0.4 is 5.32 Å². The standard InChI is InChI=1S/C12H23NO/c1-3-12(6-7-12)9-13-11(8-14-2)10-4-5-10/h10-11,13H,3-9H2,1-2H3. The summed E-state index contributed by atoms with van der Waals surface area (Å²) in [4.78, 5) is 0. The topological polar surface area (TPSA) is 21.3 Å². The molecular formula is C12H23NO. The lowest BCUT2D eigenvalue weighted by Crippen LogP contribution is -2.38. The Balaban J connectivity index is 1.71. The van der Waals surface area contributed by atoms with Crippen LogP contribution in [0, 0.1) is 11.3 Å². The molecule has 0 heterocycles. The van der Waals surface area contributed by atoms with E-state index in [1.807, 2.05) is 7.11 Å². The summed E-state index contributed by atoms with van der Waals surface area (Å²) in [6.07, 6.45) is 7.01. The zero-order chi connectivity index (χ0) is 10.0. The van der Waals surface area contributed by atoms with Gasteiger partial charge in [0.1, 0.15) is 0 Å². The maximum Gasteiger partial charge on any atom is 0.0618 e. The molecule has 1 atom stereocenters. The summed E-state index contributed by atoms with van der Waals surface area (Å²) in [5, 5.41) is 3.71. The normalized spacial score (nSPS) is 26.1. The first-order chi connectivity index (χ1) is 6.79. The van der Waals surface area contributed by atoms with Crippen LogP contribution in [0.3, 0.4) is 0 Å². The van der Waals surface area contributed by atoms with E-state index in [2.05, 4.69) is 12.2 Å². The molecule has 0 radical (unpaired) electrons. The zero-order valence-electron chi connectivity index (χ0n) is 9.51. The lowest BCUT2D eigenvalue weighted by Gasteiger charge is -2.21. The number of hydrogen-bond donors (Lipinski definition) is 1. The molecule has 82 valence electrons. The molecule has 0 aromatic heterocycles. The van der Waals surface area contributed by atoms with Crippen molar-refractivity contribution in [3.8, 4) is 0 Å². The van der Waals surface area contributed by atoms with Crippen molar-refractivity contribution in [2.75, 3.05) is 20.3 Å². The second-order valence-electron chi connectivity index (χ2n) is 5.13. The summed E-state index contributed by atoms with van der Waals surface area (Å²) in [5.74, 6) is 0.905. The van der Waals surface area contributed by atoms with Gasteiger partial charge in [0.15, 0.2) is 0 Å². The fourth-order valence-electron chi connectivity index (χ4n) is 2.22. The van der Waals surface area contributed by atoms with Gasteiger partial charge in [-0.25, -0.2) is 0 Å². The summed E-state index contributed by atoms with van der Waals surface area (Å²) in [6, 6.07) is 0.629. The third-order valence-corrected chi connectivity index (χ3v) is 3.98. The van der Waals surface area contributed by atoms with Gasteiger partial charge in [-0.3, -0.25) is 0 Å². The van der Waals surface area contributed by atoms with Gasteiger partial charge in [0.05, 0.1) is 6.61 Å². The van der Waals surface area contributed by atoms with Crippen molar-refractivity contribution < 1.29 is 4.74 Å². The summed E-state index contributed by atoms with van der Waals surface area (Å²) in [5.41, 5.74) is 0.668. The largest absolute Gasteiger partial charge is 0.383 e. The van der Waals surface area contributed by atoms with Crippen LogP contribution in [0.25, 0.3) is 0 Å².